The van der Waals surface area contributed by atoms with Crippen molar-refractivity contribution in [3.05, 3.63) is 0 Å². The van der Waals surface area contributed by atoms with Crippen molar-refractivity contribution in [2.75, 3.05) is 19.8 Å². The molecule has 98 valence electrons. The molecule has 0 heterocycles. The van der Waals surface area contributed by atoms with Gasteiger partial charge < -0.3 is 13.3 Å². The first-order valence-electron chi connectivity index (χ1n) is 6.18. The van der Waals surface area contributed by atoms with Crippen LogP contribution in [-0.4, -0.2) is 34.4 Å². The maximum absolute atomic E-state index is 13.7. The standard InChI is InChI=1S/C11H25FO3Si/c1-5-8-13-16(11(4)12,14-9-6-2)15-10-7-3/h11H,5-10H2,1-4H3. The summed E-state index contributed by atoms with van der Waals surface area (Å²) >= 11 is 0. The molecule has 0 fully saturated rings. The largest absolute Gasteiger partial charge is 0.536 e. The second-order valence-electron chi connectivity index (χ2n) is 3.76. The lowest BCUT2D eigenvalue weighted by molar-refractivity contribution is 0.0363. The molecule has 0 aliphatic carbocycles. The van der Waals surface area contributed by atoms with E-state index in [9.17, 15) is 4.39 Å². The molecule has 0 radical (unpaired) electrons. The van der Waals surface area contributed by atoms with E-state index >= 15 is 0 Å². The molecule has 0 amide bonds. The predicted molar refractivity (Wildman–Crippen MR) is 65.1 cm³/mol. The van der Waals surface area contributed by atoms with Crippen LogP contribution in [0.5, 0.6) is 0 Å². The molecule has 0 bridgehead atoms. The van der Waals surface area contributed by atoms with E-state index in [2.05, 4.69) is 0 Å². The SMILES string of the molecule is CCCO[Si](OCCC)(OCCC)C(C)F. The van der Waals surface area contributed by atoms with Crippen LogP contribution in [0.1, 0.15) is 47.0 Å². The van der Waals surface area contributed by atoms with E-state index in [-0.39, 0.29) is 0 Å². The van der Waals surface area contributed by atoms with Crippen LogP contribution in [0.3, 0.4) is 0 Å². The molecule has 0 N–H and O–H groups in total. The highest BCUT2D eigenvalue weighted by molar-refractivity contribution is 6.62. The Bertz CT molecular complexity index is 146. The zero-order chi connectivity index (χ0) is 12.4. The minimum atomic E-state index is -3.10. The summed E-state index contributed by atoms with van der Waals surface area (Å²) < 4.78 is 30.4. The molecule has 0 saturated heterocycles. The Morgan fingerprint density at radius 1 is 0.875 bits per heavy atom. The maximum Gasteiger partial charge on any atom is 0.536 e. The smallest absolute Gasteiger partial charge is 0.372 e. The lowest BCUT2D eigenvalue weighted by atomic mass is 10.5. The molecule has 0 spiro atoms. The number of alkyl halides is 1. The van der Waals surface area contributed by atoms with Gasteiger partial charge in [0.05, 0.1) is 0 Å². The van der Waals surface area contributed by atoms with E-state index in [1.807, 2.05) is 20.8 Å². The Morgan fingerprint density at radius 3 is 1.38 bits per heavy atom. The van der Waals surface area contributed by atoms with Crippen LogP contribution in [-0.2, 0) is 13.3 Å². The molecule has 3 nitrogen and oxygen atoms in total. The van der Waals surface area contributed by atoms with E-state index in [1.165, 1.54) is 6.92 Å². The van der Waals surface area contributed by atoms with Gasteiger partial charge in [0.25, 0.3) is 0 Å². The quantitative estimate of drug-likeness (QED) is 0.559. The summed E-state index contributed by atoms with van der Waals surface area (Å²) in [5.41, 5.74) is 0. The van der Waals surface area contributed by atoms with Gasteiger partial charge >= 0.3 is 8.80 Å². The van der Waals surface area contributed by atoms with Crippen LogP contribution in [0.4, 0.5) is 4.39 Å². The Morgan fingerprint density at radius 2 is 1.19 bits per heavy atom. The van der Waals surface area contributed by atoms with Crippen LogP contribution < -0.4 is 0 Å². The van der Waals surface area contributed by atoms with Crippen LogP contribution in [0.2, 0.25) is 0 Å². The first-order chi connectivity index (χ1) is 7.63. The first-order valence-corrected chi connectivity index (χ1v) is 7.99. The topological polar surface area (TPSA) is 27.7 Å². The summed E-state index contributed by atoms with van der Waals surface area (Å²) in [7, 11) is -3.10. The van der Waals surface area contributed by atoms with Crippen LogP contribution >= 0.6 is 0 Å². The van der Waals surface area contributed by atoms with Gasteiger partial charge in [-0.15, -0.1) is 0 Å². The van der Waals surface area contributed by atoms with Gasteiger partial charge in [-0.3, -0.25) is 0 Å². The molecule has 0 saturated carbocycles. The fraction of sp³-hybridized carbons (Fsp3) is 1.00. The van der Waals surface area contributed by atoms with Gasteiger partial charge in [-0.1, -0.05) is 20.8 Å². The van der Waals surface area contributed by atoms with Crippen molar-refractivity contribution in [3.8, 4) is 0 Å². The van der Waals surface area contributed by atoms with Gasteiger partial charge in [-0.05, 0) is 26.2 Å². The van der Waals surface area contributed by atoms with Crippen molar-refractivity contribution in [1.82, 2.24) is 0 Å². The van der Waals surface area contributed by atoms with Gasteiger partial charge in [0.1, 0.15) is 0 Å². The number of halogens is 1. The molecule has 0 aromatic heterocycles. The van der Waals surface area contributed by atoms with Gasteiger partial charge in [0.2, 0.25) is 0 Å². The fourth-order valence-electron chi connectivity index (χ4n) is 1.20. The summed E-state index contributed by atoms with van der Waals surface area (Å²) in [6.45, 7) is 8.91. The molecular formula is C11H25FO3Si. The maximum atomic E-state index is 13.7. The van der Waals surface area contributed by atoms with Crippen LogP contribution in [0.25, 0.3) is 0 Å². The van der Waals surface area contributed by atoms with Gasteiger partial charge in [0, 0.05) is 19.8 Å². The lowest BCUT2D eigenvalue weighted by Gasteiger charge is -2.30. The van der Waals surface area contributed by atoms with Gasteiger partial charge in [-0.25, -0.2) is 4.39 Å². The van der Waals surface area contributed by atoms with Crippen molar-refractivity contribution in [2.24, 2.45) is 0 Å². The second kappa shape index (κ2) is 9.10. The first kappa shape index (κ1) is 16.0. The molecule has 1 atom stereocenters. The third kappa shape index (κ3) is 5.38. The summed E-state index contributed by atoms with van der Waals surface area (Å²) in [4.78, 5) is 0. The molecule has 5 heteroatoms. The number of hydrogen-bond donors (Lipinski definition) is 0. The van der Waals surface area contributed by atoms with E-state index in [0.717, 1.165) is 19.3 Å². The molecule has 1 unspecified atom stereocenters. The minimum absolute atomic E-state index is 0.494. The summed E-state index contributed by atoms with van der Waals surface area (Å²) in [6, 6.07) is 0. The molecule has 0 aliphatic rings. The minimum Gasteiger partial charge on any atom is -0.372 e. The molecule has 0 aliphatic heterocycles. The summed E-state index contributed by atoms with van der Waals surface area (Å²) in [5, 5.41) is 0. The molecule has 0 aromatic carbocycles. The van der Waals surface area contributed by atoms with Crippen molar-refractivity contribution < 1.29 is 17.7 Å². The number of rotatable bonds is 10. The van der Waals surface area contributed by atoms with Crippen molar-refractivity contribution in [3.63, 3.8) is 0 Å². The molecule has 0 aromatic rings. The Hall–Kier alpha value is 0.0269. The molecule has 0 rings (SSSR count). The monoisotopic (exact) mass is 252 g/mol. The van der Waals surface area contributed by atoms with Gasteiger partial charge in [-0.2, -0.15) is 0 Å². The average Bonchev–Trinajstić information content (AvgIpc) is 2.28. The van der Waals surface area contributed by atoms with Crippen LogP contribution in [0, 0.1) is 0 Å². The lowest BCUT2D eigenvalue weighted by Crippen LogP contribution is -2.54. The van der Waals surface area contributed by atoms with E-state index < -0.39 is 14.6 Å². The van der Waals surface area contributed by atoms with E-state index in [4.69, 9.17) is 13.3 Å². The second-order valence-corrected chi connectivity index (χ2v) is 6.63. The third-order valence-electron chi connectivity index (χ3n) is 2.01. The highest BCUT2D eigenvalue weighted by atomic mass is 28.4. The summed E-state index contributed by atoms with van der Waals surface area (Å²) in [5.74, 6) is -1.17. The number of hydrogen-bond acceptors (Lipinski definition) is 3. The molecule has 16 heavy (non-hydrogen) atoms. The normalized spacial score (nSPS) is 14.1. The van der Waals surface area contributed by atoms with E-state index in [1.54, 1.807) is 0 Å². The average molecular weight is 252 g/mol. The Balaban J connectivity index is 4.46. The van der Waals surface area contributed by atoms with Crippen molar-refractivity contribution in [1.29, 1.82) is 0 Å². The van der Waals surface area contributed by atoms with Gasteiger partial charge in [0.15, 0.2) is 5.79 Å². The molecular weight excluding hydrogens is 227 g/mol. The highest BCUT2D eigenvalue weighted by Gasteiger charge is 2.48. The Labute approximate surface area is 99.6 Å². The van der Waals surface area contributed by atoms with Crippen molar-refractivity contribution >= 4 is 8.80 Å². The van der Waals surface area contributed by atoms with E-state index in [0.29, 0.717) is 19.8 Å². The Kier molecular flexibility index (Phi) is 9.11. The fourth-order valence-corrected chi connectivity index (χ4v) is 3.61. The third-order valence-corrected chi connectivity index (χ3v) is 4.80. The van der Waals surface area contributed by atoms with Crippen molar-refractivity contribution in [2.45, 2.75) is 52.8 Å². The predicted octanol–water partition coefficient (Wildman–Crippen LogP) is 3.10. The summed E-state index contributed by atoms with van der Waals surface area (Å²) in [6.07, 6.45) is 2.52. The zero-order valence-electron chi connectivity index (χ0n) is 10.9. The zero-order valence-corrected chi connectivity index (χ0v) is 11.9. The van der Waals surface area contributed by atoms with Crippen LogP contribution in [0.15, 0.2) is 0 Å². The highest BCUT2D eigenvalue weighted by Crippen LogP contribution is 2.18.